The van der Waals surface area contributed by atoms with E-state index in [2.05, 4.69) is 55.0 Å². The molecule has 0 saturated heterocycles. The van der Waals surface area contributed by atoms with E-state index in [9.17, 15) is 0 Å². The molecule has 0 aliphatic heterocycles. The van der Waals surface area contributed by atoms with E-state index in [1.165, 1.54) is 11.1 Å². The first-order chi connectivity index (χ1) is 9.47. The van der Waals surface area contributed by atoms with Crippen LogP contribution < -0.4 is 11.1 Å². The number of nitrogens with two attached hydrogens (primary N) is 1. The third-order valence-electron chi connectivity index (χ3n) is 3.67. The molecule has 1 aromatic carbocycles. The van der Waals surface area contributed by atoms with E-state index >= 15 is 0 Å². The Labute approximate surface area is 145 Å². The van der Waals surface area contributed by atoms with Gasteiger partial charge in [0.1, 0.15) is 0 Å². The first-order valence-corrected chi connectivity index (χ1v) is 7.28. The number of nitrogens with zero attached hydrogens (tertiary/aromatic N) is 1. The molecule has 0 spiro atoms. The third-order valence-corrected chi connectivity index (χ3v) is 3.67. The van der Waals surface area contributed by atoms with Crippen molar-refractivity contribution in [1.29, 1.82) is 0 Å². The summed E-state index contributed by atoms with van der Waals surface area (Å²) in [5.41, 5.74) is 9.66. The van der Waals surface area contributed by atoms with Gasteiger partial charge in [-0.1, -0.05) is 50.3 Å². The summed E-state index contributed by atoms with van der Waals surface area (Å²) in [5, 5.41) is 3.28. The maximum atomic E-state index is 5.86. The quantitative estimate of drug-likeness (QED) is 0.343. The van der Waals surface area contributed by atoms with Gasteiger partial charge in [0.05, 0.1) is 6.54 Å². The highest BCUT2D eigenvalue weighted by atomic mass is 127. The fraction of sp³-hybridized carbons (Fsp3) is 0.471. The second kappa shape index (κ2) is 7.82. The molecule has 0 radical (unpaired) electrons. The van der Waals surface area contributed by atoms with Crippen LogP contribution >= 0.6 is 24.0 Å². The molecule has 1 aromatic rings. The minimum Gasteiger partial charge on any atom is -0.370 e. The predicted octanol–water partition coefficient (Wildman–Crippen LogP) is 3.76. The van der Waals surface area contributed by atoms with Crippen molar-refractivity contribution in [2.45, 2.75) is 45.1 Å². The summed E-state index contributed by atoms with van der Waals surface area (Å²) in [6, 6.07) is 9.36. The van der Waals surface area contributed by atoms with Crippen LogP contribution in [0.2, 0.25) is 0 Å². The van der Waals surface area contributed by atoms with Crippen molar-refractivity contribution in [3.8, 4) is 0 Å². The van der Waals surface area contributed by atoms with Crippen LogP contribution in [0.1, 0.15) is 50.2 Å². The average Bonchev–Trinajstić information content (AvgIpc) is 3.15. The maximum absolute atomic E-state index is 5.86. The highest BCUT2D eigenvalue weighted by Gasteiger charge is 2.38. The summed E-state index contributed by atoms with van der Waals surface area (Å²) < 4.78 is 0. The van der Waals surface area contributed by atoms with Gasteiger partial charge in [-0.3, -0.25) is 0 Å². The highest BCUT2D eigenvalue weighted by Crippen LogP contribution is 2.40. The number of hydrogen-bond acceptors (Lipinski definition) is 1. The molecule has 0 bridgehead atoms. The zero-order chi connectivity index (χ0) is 14.7. The number of aliphatic imine (C=N–C) groups is 1. The molecule has 1 aliphatic rings. The second-order valence-electron chi connectivity index (χ2n) is 6.07. The van der Waals surface area contributed by atoms with Gasteiger partial charge in [0.25, 0.3) is 0 Å². The minimum absolute atomic E-state index is 0. The van der Waals surface area contributed by atoms with Gasteiger partial charge >= 0.3 is 0 Å². The Morgan fingerprint density at radius 2 is 2.00 bits per heavy atom. The van der Waals surface area contributed by atoms with Crippen molar-refractivity contribution in [2.75, 3.05) is 6.54 Å². The molecule has 3 nitrogen and oxygen atoms in total. The fourth-order valence-corrected chi connectivity index (χ4v) is 2.31. The van der Waals surface area contributed by atoms with Gasteiger partial charge in [0, 0.05) is 12.0 Å². The largest absolute Gasteiger partial charge is 0.370 e. The summed E-state index contributed by atoms with van der Waals surface area (Å²) in [4.78, 5) is 4.25. The third kappa shape index (κ3) is 5.34. The molecule has 2 atom stereocenters. The van der Waals surface area contributed by atoms with E-state index in [1.54, 1.807) is 0 Å². The van der Waals surface area contributed by atoms with E-state index in [-0.39, 0.29) is 24.0 Å². The molecular weight excluding hydrogens is 373 g/mol. The standard InChI is InChI=1S/C17H25N3.HI/c1-11(2)10-19-17(18)20-16-9-15(16)14-7-5-13(6-8-14)12(3)4;/h5-8,12,15-16H,1,9-10H2,2-4H3,(H3,18,19,20);1H. The molecule has 1 fully saturated rings. The van der Waals surface area contributed by atoms with Crippen molar-refractivity contribution in [3.05, 3.63) is 47.5 Å². The van der Waals surface area contributed by atoms with Crippen molar-refractivity contribution < 1.29 is 0 Å². The van der Waals surface area contributed by atoms with E-state index in [0.29, 0.717) is 30.4 Å². The monoisotopic (exact) mass is 399 g/mol. The Bertz CT molecular complexity index is 505. The zero-order valence-corrected chi connectivity index (χ0v) is 15.4. The molecular formula is C17H26IN3. The smallest absolute Gasteiger partial charge is 0.189 e. The molecule has 2 unspecified atom stereocenters. The lowest BCUT2D eigenvalue weighted by Crippen LogP contribution is -2.34. The number of hydrogen-bond donors (Lipinski definition) is 2. The summed E-state index contributed by atoms with van der Waals surface area (Å²) in [6.07, 6.45) is 1.13. The molecule has 3 N–H and O–H groups in total. The molecule has 116 valence electrons. The molecule has 4 heteroatoms. The van der Waals surface area contributed by atoms with E-state index in [1.807, 2.05) is 6.92 Å². The normalized spacial score (nSPS) is 20.9. The first kappa shape index (κ1) is 18.0. The topological polar surface area (TPSA) is 50.4 Å². The van der Waals surface area contributed by atoms with Gasteiger partial charge in [0.2, 0.25) is 0 Å². The number of benzene rings is 1. The molecule has 0 aromatic heterocycles. The minimum atomic E-state index is 0. The lowest BCUT2D eigenvalue weighted by Gasteiger charge is -2.08. The Morgan fingerprint density at radius 3 is 2.52 bits per heavy atom. The van der Waals surface area contributed by atoms with Crippen molar-refractivity contribution >= 4 is 29.9 Å². The lowest BCUT2D eigenvalue weighted by atomic mass is 10.0. The van der Waals surface area contributed by atoms with Crippen LogP contribution in [0.4, 0.5) is 0 Å². The van der Waals surface area contributed by atoms with Crippen molar-refractivity contribution in [1.82, 2.24) is 5.32 Å². The Hall–Kier alpha value is -1.04. The number of guanidine groups is 1. The summed E-state index contributed by atoms with van der Waals surface area (Å²) in [7, 11) is 0. The van der Waals surface area contributed by atoms with Crippen LogP contribution in [-0.2, 0) is 0 Å². The van der Waals surface area contributed by atoms with Gasteiger partial charge in [-0.25, -0.2) is 4.99 Å². The Morgan fingerprint density at radius 1 is 1.38 bits per heavy atom. The molecule has 1 aliphatic carbocycles. The number of rotatable bonds is 5. The Kier molecular flexibility index (Phi) is 6.71. The van der Waals surface area contributed by atoms with Crippen molar-refractivity contribution in [2.24, 2.45) is 10.7 Å². The van der Waals surface area contributed by atoms with Crippen LogP contribution in [0.15, 0.2) is 41.4 Å². The van der Waals surface area contributed by atoms with E-state index in [4.69, 9.17) is 5.73 Å². The molecule has 1 saturated carbocycles. The van der Waals surface area contributed by atoms with Gasteiger partial charge < -0.3 is 11.1 Å². The predicted molar refractivity (Wildman–Crippen MR) is 102 cm³/mol. The van der Waals surface area contributed by atoms with Gasteiger partial charge in [-0.2, -0.15) is 0 Å². The fourth-order valence-electron chi connectivity index (χ4n) is 2.31. The van der Waals surface area contributed by atoms with E-state index in [0.717, 1.165) is 12.0 Å². The SMILES string of the molecule is C=C(C)CN=C(N)NC1CC1c1ccc(C(C)C)cc1.I. The second-order valence-corrected chi connectivity index (χ2v) is 6.07. The summed E-state index contributed by atoms with van der Waals surface area (Å²) in [5.74, 6) is 1.68. The van der Waals surface area contributed by atoms with Gasteiger partial charge in [-0.05, 0) is 30.4 Å². The summed E-state index contributed by atoms with van der Waals surface area (Å²) in [6.45, 7) is 10.8. The van der Waals surface area contributed by atoms with Crippen LogP contribution in [0.5, 0.6) is 0 Å². The maximum Gasteiger partial charge on any atom is 0.189 e. The van der Waals surface area contributed by atoms with Gasteiger partial charge in [-0.15, -0.1) is 24.0 Å². The van der Waals surface area contributed by atoms with Crippen LogP contribution in [-0.4, -0.2) is 18.5 Å². The van der Waals surface area contributed by atoms with Crippen LogP contribution in [0.3, 0.4) is 0 Å². The molecule has 21 heavy (non-hydrogen) atoms. The molecule has 2 rings (SSSR count). The Balaban J connectivity index is 0.00000220. The molecule has 0 amide bonds. The van der Waals surface area contributed by atoms with Crippen LogP contribution in [0, 0.1) is 0 Å². The van der Waals surface area contributed by atoms with Crippen molar-refractivity contribution in [3.63, 3.8) is 0 Å². The molecule has 0 heterocycles. The van der Waals surface area contributed by atoms with Gasteiger partial charge in [0.15, 0.2) is 5.96 Å². The highest BCUT2D eigenvalue weighted by molar-refractivity contribution is 14.0. The summed E-state index contributed by atoms with van der Waals surface area (Å²) >= 11 is 0. The average molecular weight is 399 g/mol. The van der Waals surface area contributed by atoms with Crippen LogP contribution in [0.25, 0.3) is 0 Å². The van der Waals surface area contributed by atoms with E-state index < -0.39 is 0 Å². The lowest BCUT2D eigenvalue weighted by molar-refractivity contribution is 0.846. The zero-order valence-electron chi connectivity index (χ0n) is 13.1. The first-order valence-electron chi connectivity index (χ1n) is 7.28. The number of halogens is 1. The number of nitrogens with one attached hydrogen (secondary N) is 1.